The molecule has 3 aromatic carbocycles. The molecular weight excluding hydrogens is 334 g/mol. The van der Waals surface area contributed by atoms with Gasteiger partial charge in [0, 0.05) is 17.8 Å². The molecule has 0 aliphatic rings. The Bertz CT molecular complexity index is 814. The third-order valence-corrected chi connectivity index (χ3v) is 3.57. The lowest BCUT2D eigenvalue weighted by molar-refractivity contribution is 0.303. The van der Waals surface area contributed by atoms with Gasteiger partial charge >= 0.3 is 0 Å². The average Bonchev–Trinajstić information content (AvgIpc) is 2.73. The molecule has 140 valence electrons. The third kappa shape index (κ3) is 6.98. The van der Waals surface area contributed by atoms with Crippen LogP contribution in [0.25, 0.3) is 0 Å². The standard InChI is InChI=1S/C21H19NO2.C3H8/c1-23-20-13-12-18(15-22-19-10-6-3-7-11-19)21(14-20)24-16-17-8-4-2-5-9-17;1-3-2/h2-15H,16H2,1H3;3H2,1-2H3. The number of benzene rings is 3. The van der Waals surface area contributed by atoms with Crippen LogP contribution >= 0.6 is 0 Å². The number of ether oxygens (including phenoxy) is 2. The van der Waals surface area contributed by atoms with Crippen LogP contribution < -0.4 is 9.47 Å². The second kappa shape index (κ2) is 11.5. The summed E-state index contributed by atoms with van der Waals surface area (Å²) in [6, 6.07) is 25.6. The van der Waals surface area contributed by atoms with Crippen LogP contribution in [0.1, 0.15) is 31.4 Å². The smallest absolute Gasteiger partial charge is 0.132 e. The number of aliphatic imine (C=N–C) groups is 1. The molecule has 0 saturated heterocycles. The maximum Gasteiger partial charge on any atom is 0.132 e. The average molecular weight is 361 g/mol. The number of rotatable bonds is 6. The SMILES string of the molecule is CCC.COc1ccc(C=Nc2ccccc2)c(OCc2ccccc2)c1. The Kier molecular flexibility index (Phi) is 8.64. The van der Waals surface area contributed by atoms with Crippen molar-refractivity contribution in [1.82, 2.24) is 0 Å². The molecule has 3 nitrogen and oxygen atoms in total. The van der Waals surface area contributed by atoms with Gasteiger partial charge in [-0.1, -0.05) is 68.8 Å². The van der Waals surface area contributed by atoms with Crippen LogP contribution in [0, 0.1) is 0 Å². The van der Waals surface area contributed by atoms with Gasteiger partial charge < -0.3 is 9.47 Å². The minimum Gasteiger partial charge on any atom is -0.497 e. The van der Waals surface area contributed by atoms with E-state index in [1.807, 2.05) is 85.1 Å². The van der Waals surface area contributed by atoms with Crippen LogP contribution in [0.15, 0.2) is 83.9 Å². The zero-order valence-electron chi connectivity index (χ0n) is 16.3. The van der Waals surface area contributed by atoms with Crippen LogP contribution in [-0.2, 0) is 6.61 Å². The predicted molar refractivity (Wildman–Crippen MR) is 113 cm³/mol. The number of para-hydroxylation sites is 1. The summed E-state index contributed by atoms with van der Waals surface area (Å²) in [6.45, 7) is 4.75. The van der Waals surface area contributed by atoms with Crippen molar-refractivity contribution in [1.29, 1.82) is 0 Å². The van der Waals surface area contributed by atoms with E-state index in [-0.39, 0.29) is 0 Å². The topological polar surface area (TPSA) is 30.8 Å². The van der Waals surface area contributed by atoms with Crippen molar-refractivity contribution in [2.75, 3.05) is 7.11 Å². The maximum absolute atomic E-state index is 5.98. The molecule has 0 amide bonds. The fourth-order valence-electron chi connectivity index (χ4n) is 2.27. The van der Waals surface area contributed by atoms with Crippen molar-refractivity contribution >= 4 is 11.9 Å². The summed E-state index contributed by atoms with van der Waals surface area (Å²) in [4.78, 5) is 4.50. The molecular formula is C24H27NO2. The van der Waals surface area contributed by atoms with Crippen LogP contribution in [0.5, 0.6) is 11.5 Å². The van der Waals surface area contributed by atoms with Crippen molar-refractivity contribution < 1.29 is 9.47 Å². The van der Waals surface area contributed by atoms with E-state index in [1.54, 1.807) is 7.11 Å². The number of methoxy groups -OCH3 is 1. The van der Waals surface area contributed by atoms with Gasteiger partial charge in [-0.2, -0.15) is 0 Å². The van der Waals surface area contributed by atoms with Crippen molar-refractivity contribution in [2.45, 2.75) is 26.9 Å². The molecule has 0 atom stereocenters. The zero-order chi connectivity index (χ0) is 19.3. The molecule has 0 heterocycles. The van der Waals surface area contributed by atoms with Gasteiger partial charge in [0.05, 0.1) is 12.8 Å². The molecule has 0 aromatic heterocycles. The highest BCUT2D eigenvalue weighted by molar-refractivity contribution is 5.85. The van der Waals surface area contributed by atoms with Crippen LogP contribution in [0.3, 0.4) is 0 Å². The Hall–Kier alpha value is -3.07. The van der Waals surface area contributed by atoms with Gasteiger partial charge in [-0.05, 0) is 29.8 Å². The van der Waals surface area contributed by atoms with Gasteiger partial charge in [0.25, 0.3) is 0 Å². The first kappa shape index (κ1) is 20.2. The Morgan fingerprint density at radius 1 is 0.852 bits per heavy atom. The van der Waals surface area contributed by atoms with Gasteiger partial charge in [0.2, 0.25) is 0 Å². The Morgan fingerprint density at radius 3 is 2.11 bits per heavy atom. The quantitative estimate of drug-likeness (QED) is 0.473. The molecule has 0 spiro atoms. The fourth-order valence-corrected chi connectivity index (χ4v) is 2.27. The van der Waals surface area contributed by atoms with E-state index in [4.69, 9.17) is 9.47 Å². The summed E-state index contributed by atoms with van der Waals surface area (Å²) in [7, 11) is 1.65. The second-order valence-electron chi connectivity index (χ2n) is 5.98. The molecule has 0 N–H and O–H groups in total. The van der Waals surface area contributed by atoms with Crippen LogP contribution in [-0.4, -0.2) is 13.3 Å². The van der Waals surface area contributed by atoms with E-state index in [9.17, 15) is 0 Å². The number of hydrogen-bond donors (Lipinski definition) is 0. The first-order valence-corrected chi connectivity index (χ1v) is 9.20. The summed E-state index contributed by atoms with van der Waals surface area (Å²) < 4.78 is 11.3. The highest BCUT2D eigenvalue weighted by Crippen LogP contribution is 2.25. The molecule has 0 aliphatic carbocycles. The predicted octanol–water partition coefficient (Wildman–Crippen LogP) is 6.44. The van der Waals surface area contributed by atoms with E-state index in [0.29, 0.717) is 6.61 Å². The van der Waals surface area contributed by atoms with E-state index < -0.39 is 0 Å². The van der Waals surface area contributed by atoms with Gasteiger partial charge in [0.1, 0.15) is 18.1 Å². The largest absolute Gasteiger partial charge is 0.497 e. The van der Waals surface area contributed by atoms with Crippen molar-refractivity contribution in [2.24, 2.45) is 4.99 Å². The normalized spacial score (nSPS) is 10.2. The summed E-state index contributed by atoms with van der Waals surface area (Å²) in [6.07, 6.45) is 3.06. The summed E-state index contributed by atoms with van der Waals surface area (Å²) in [5, 5.41) is 0. The second-order valence-corrected chi connectivity index (χ2v) is 5.98. The van der Waals surface area contributed by atoms with Gasteiger partial charge in [-0.3, -0.25) is 4.99 Å². The van der Waals surface area contributed by atoms with Gasteiger partial charge in [0.15, 0.2) is 0 Å². The van der Waals surface area contributed by atoms with E-state index in [1.165, 1.54) is 6.42 Å². The van der Waals surface area contributed by atoms with E-state index in [2.05, 4.69) is 18.8 Å². The Balaban J connectivity index is 0.000000817. The van der Waals surface area contributed by atoms with E-state index in [0.717, 1.165) is 28.3 Å². The van der Waals surface area contributed by atoms with Crippen LogP contribution in [0.2, 0.25) is 0 Å². The lowest BCUT2D eigenvalue weighted by Gasteiger charge is -2.11. The molecule has 3 heteroatoms. The molecule has 0 saturated carbocycles. The van der Waals surface area contributed by atoms with Crippen molar-refractivity contribution in [3.63, 3.8) is 0 Å². The molecule has 3 aromatic rings. The van der Waals surface area contributed by atoms with Crippen molar-refractivity contribution in [3.8, 4) is 11.5 Å². The molecule has 0 bridgehead atoms. The number of hydrogen-bond acceptors (Lipinski definition) is 3. The molecule has 0 aliphatic heterocycles. The third-order valence-electron chi connectivity index (χ3n) is 3.57. The van der Waals surface area contributed by atoms with Gasteiger partial charge in [-0.15, -0.1) is 0 Å². The summed E-state index contributed by atoms with van der Waals surface area (Å²) in [5.41, 5.74) is 2.93. The highest BCUT2D eigenvalue weighted by atomic mass is 16.5. The zero-order valence-corrected chi connectivity index (χ0v) is 16.3. The molecule has 3 rings (SSSR count). The lowest BCUT2D eigenvalue weighted by atomic mass is 10.2. The Morgan fingerprint density at radius 2 is 1.48 bits per heavy atom. The van der Waals surface area contributed by atoms with Crippen molar-refractivity contribution in [3.05, 3.63) is 90.0 Å². The fraction of sp³-hybridized carbons (Fsp3) is 0.208. The first-order valence-electron chi connectivity index (χ1n) is 9.20. The van der Waals surface area contributed by atoms with Gasteiger partial charge in [-0.25, -0.2) is 0 Å². The Labute approximate surface area is 162 Å². The minimum atomic E-state index is 0.500. The summed E-state index contributed by atoms with van der Waals surface area (Å²) >= 11 is 0. The molecule has 0 unspecified atom stereocenters. The first-order chi connectivity index (χ1) is 13.3. The molecule has 0 fully saturated rings. The highest BCUT2D eigenvalue weighted by Gasteiger charge is 2.05. The lowest BCUT2D eigenvalue weighted by Crippen LogP contribution is -1.99. The summed E-state index contributed by atoms with van der Waals surface area (Å²) in [5.74, 6) is 1.51. The maximum atomic E-state index is 5.98. The van der Waals surface area contributed by atoms with Crippen LogP contribution in [0.4, 0.5) is 5.69 Å². The molecule has 0 radical (unpaired) electrons. The molecule has 27 heavy (non-hydrogen) atoms. The van der Waals surface area contributed by atoms with E-state index >= 15 is 0 Å². The monoisotopic (exact) mass is 361 g/mol. The minimum absolute atomic E-state index is 0.500. The number of nitrogens with zero attached hydrogens (tertiary/aromatic N) is 1.